The van der Waals surface area contributed by atoms with Crippen molar-refractivity contribution in [3.8, 4) is 22.7 Å². The number of ether oxygens (including phenoxy) is 1. The van der Waals surface area contributed by atoms with Crippen LogP contribution in [0.25, 0.3) is 16.9 Å². The smallest absolute Gasteiger partial charge is 0.142 e. The highest BCUT2D eigenvalue weighted by atomic mass is 16.5. The Labute approximate surface area is 195 Å². The van der Waals surface area contributed by atoms with E-state index >= 15 is 0 Å². The number of piperazine rings is 1. The van der Waals surface area contributed by atoms with Gasteiger partial charge in [-0.15, -0.1) is 0 Å². The van der Waals surface area contributed by atoms with E-state index in [9.17, 15) is 0 Å². The first-order valence-corrected chi connectivity index (χ1v) is 11.6. The molecule has 5 rings (SSSR count). The van der Waals surface area contributed by atoms with Crippen LogP contribution in [0.3, 0.4) is 0 Å². The number of para-hydroxylation sites is 3. The lowest BCUT2D eigenvalue weighted by atomic mass is 10.0. The van der Waals surface area contributed by atoms with E-state index < -0.39 is 0 Å². The predicted octanol–water partition coefficient (Wildman–Crippen LogP) is 4.91. The third kappa shape index (κ3) is 4.64. The van der Waals surface area contributed by atoms with Crippen LogP contribution in [0.5, 0.6) is 5.75 Å². The van der Waals surface area contributed by atoms with Gasteiger partial charge in [0, 0.05) is 38.3 Å². The molecule has 3 aromatic carbocycles. The zero-order chi connectivity index (χ0) is 22.5. The maximum Gasteiger partial charge on any atom is 0.142 e. The molecule has 5 nitrogen and oxygen atoms in total. The largest absolute Gasteiger partial charge is 0.495 e. The normalized spacial score (nSPS) is 14.4. The van der Waals surface area contributed by atoms with Gasteiger partial charge >= 0.3 is 0 Å². The van der Waals surface area contributed by atoms with Crippen molar-refractivity contribution in [3.05, 3.63) is 96.7 Å². The molecule has 0 saturated carbocycles. The highest BCUT2D eigenvalue weighted by molar-refractivity contribution is 5.66. The molecule has 0 amide bonds. The van der Waals surface area contributed by atoms with E-state index in [0.717, 1.165) is 50.6 Å². The summed E-state index contributed by atoms with van der Waals surface area (Å²) in [5, 5.41) is 4.77. The fraction of sp³-hybridized carbons (Fsp3) is 0.250. The summed E-state index contributed by atoms with van der Waals surface area (Å²) in [5.74, 6) is 0.951. The standard InChI is InChI=1S/C28H30N4O/c1-33-27-15-9-8-14-26(27)31-20-18-30(19-21-31)17-16-24-22-29-32(25-12-6-3-7-13-25)28(24)23-10-4-2-5-11-23/h2-15,22H,16-21H2,1H3. The molecule has 1 aromatic heterocycles. The summed E-state index contributed by atoms with van der Waals surface area (Å²) >= 11 is 0. The zero-order valence-electron chi connectivity index (χ0n) is 19.1. The van der Waals surface area contributed by atoms with Gasteiger partial charge in [0.05, 0.1) is 30.4 Å². The van der Waals surface area contributed by atoms with Crippen molar-refractivity contribution in [2.75, 3.05) is 44.7 Å². The van der Waals surface area contributed by atoms with Gasteiger partial charge in [-0.2, -0.15) is 5.10 Å². The quantitative estimate of drug-likeness (QED) is 0.410. The number of methoxy groups -OCH3 is 1. The fourth-order valence-electron chi connectivity index (χ4n) is 4.62. The Balaban J connectivity index is 1.29. The third-order valence-electron chi connectivity index (χ3n) is 6.39. The summed E-state index contributed by atoms with van der Waals surface area (Å²) in [6.45, 7) is 5.14. The topological polar surface area (TPSA) is 33.5 Å². The lowest BCUT2D eigenvalue weighted by Gasteiger charge is -2.36. The maximum absolute atomic E-state index is 5.56. The van der Waals surface area contributed by atoms with E-state index in [1.54, 1.807) is 7.11 Å². The van der Waals surface area contributed by atoms with Gasteiger partial charge in [0.25, 0.3) is 0 Å². The molecule has 0 N–H and O–H groups in total. The van der Waals surface area contributed by atoms with Gasteiger partial charge in [-0.1, -0.05) is 60.7 Å². The first kappa shape index (κ1) is 21.3. The van der Waals surface area contributed by atoms with Gasteiger partial charge in [-0.05, 0) is 36.2 Å². The van der Waals surface area contributed by atoms with Gasteiger partial charge in [-0.3, -0.25) is 4.90 Å². The van der Waals surface area contributed by atoms with Crippen LogP contribution in [0.15, 0.2) is 91.1 Å². The minimum Gasteiger partial charge on any atom is -0.495 e. The molecule has 0 aliphatic carbocycles. The molecule has 0 spiro atoms. The molecule has 33 heavy (non-hydrogen) atoms. The molecule has 1 aliphatic heterocycles. The Morgan fingerprint density at radius 3 is 2.18 bits per heavy atom. The summed E-state index contributed by atoms with van der Waals surface area (Å²) in [6, 6.07) is 29.3. The van der Waals surface area contributed by atoms with Crippen LogP contribution in [-0.4, -0.2) is 54.5 Å². The van der Waals surface area contributed by atoms with Crippen LogP contribution in [-0.2, 0) is 6.42 Å². The first-order chi connectivity index (χ1) is 16.3. The maximum atomic E-state index is 5.56. The van der Waals surface area contributed by atoms with Crippen LogP contribution in [0.1, 0.15) is 5.56 Å². The number of benzene rings is 3. The first-order valence-electron chi connectivity index (χ1n) is 11.6. The number of hydrogen-bond acceptors (Lipinski definition) is 4. The molecular weight excluding hydrogens is 408 g/mol. The summed E-state index contributed by atoms with van der Waals surface area (Å²) in [5.41, 5.74) is 5.96. The Hall–Kier alpha value is -3.57. The number of anilines is 1. The Kier molecular flexibility index (Phi) is 6.40. The van der Waals surface area contributed by atoms with Crippen LogP contribution in [0.4, 0.5) is 5.69 Å². The fourth-order valence-corrected chi connectivity index (χ4v) is 4.62. The highest BCUT2D eigenvalue weighted by Gasteiger charge is 2.21. The molecule has 2 heterocycles. The number of nitrogens with zero attached hydrogens (tertiary/aromatic N) is 4. The minimum atomic E-state index is 0.951. The molecule has 0 radical (unpaired) electrons. The van der Waals surface area contributed by atoms with E-state index in [1.807, 2.05) is 24.4 Å². The number of hydrogen-bond donors (Lipinski definition) is 0. The average Bonchev–Trinajstić information content (AvgIpc) is 3.33. The highest BCUT2D eigenvalue weighted by Crippen LogP contribution is 2.29. The summed E-state index contributed by atoms with van der Waals surface area (Å²) in [6.07, 6.45) is 3.02. The average molecular weight is 439 g/mol. The van der Waals surface area contributed by atoms with E-state index in [2.05, 4.69) is 81.2 Å². The minimum absolute atomic E-state index is 0.951. The lowest BCUT2D eigenvalue weighted by molar-refractivity contribution is 0.260. The molecular formula is C28H30N4O. The summed E-state index contributed by atoms with van der Waals surface area (Å²) in [4.78, 5) is 4.98. The lowest BCUT2D eigenvalue weighted by Crippen LogP contribution is -2.47. The van der Waals surface area contributed by atoms with Crippen LogP contribution >= 0.6 is 0 Å². The van der Waals surface area contributed by atoms with Crippen molar-refractivity contribution in [2.45, 2.75) is 6.42 Å². The molecule has 1 fully saturated rings. The number of rotatable bonds is 7. The van der Waals surface area contributed by atoms with Crippen LogP contribution in [0, 0.1) is 0 Å². The van der Waals surface area contributed by atoms with E-state index in [0.29, 0.717) is 0 Å². The van der Waals surface area contributed by atoms with Crippen molar-refractivity contribution in [1.82, 2.24) is 14.7 Å². The second kappa shape index (κ2) is 9.92. The molecule has 0 bridgehead atoms. The molecule has 0 atom stereocenters. The molecule has 4 aromatic rings. The van der Waals surface area contributed by atoms with Crippen molar-refractivity contribution in [3.63, 3.8) is 0 Å². The van der Waals surface area contributed by atoms with Gasteiger partial charge in [0.2, 0.25) is 0 Å². The molecule has 168 valence electrons. The second-order valence-corrected chi connectivity index (χ2v) is 8.38. The Morgan fingerprint density at radius 1 is 0.788 bits per heavy atom. The monoisotopic (exact) mass is 438 g/mol. The van der Waals surface area contributed by atoms with Crippen LogP contribution in [0.2, 0.25) is 0 Å². The Morgan fingerprint density at radius 2 is 1.45 bits per heavy atom. The predicted molar refractivity (Wildman–Crippen MR) is 134 cm³/mol. The van der Waals surface area contributed by atoms with Crippen molar-refractivity contribution in [1.29, 1.82) is 0 Å². The zero-order valence-corrected chi connectivity index (χ0v) is 19.1. The molecule has 5 heteroatoms. The van der Waals surface area contributed by atoms with Crippen molar-refractivity contribution in [2.24, 2.45) is 0 Å². The van der Waals surface area contributed by atoms with Crippen molar-refractivity contribution < 1.29 is 4.74 Å². The van der Waals surface area contributed by atoms with Crippen molar-refractivity contribution >= 4 is 5.69 Å². The second-order valence-electron chi connectivity index (χ2n) is 8.38. The SMILES string of the molecule is COc1ccccc1N1CCN(CCc2cnn(-c3ccccc3)c2-c2ccccc2)CC1. The summed E-state index contributed by atoms with van der Waals surface area (Å²) in [7, 11) is 1.75. The van der Waals surface area contributed by atoms with Gasteiger partial charge < -0.3 is 9.64 Å². The van der Waals surface area contributed by atoms with Gasteiger partial charge in [-0.25, -0.2) is 4.68 Å². The summed E-state index contributed by atoms with van der Waals surface area (Å²) < 4.78 is 7.63. The Bertz CT molecular complexity index is 1160. The van der Waals surface area contributed by atoms with Gasteiger partial charge in [0.1, 0.15) is 5.75 Å². The molecule has 1 aliphatic rings. The molecule has 0 unspecified atom stereocenters. The van der Waals surface area contributed by atoms with Gasteiger partial charge in [0.15, 0.2) is 0 Å². The van der Waals surface area contributed by atoms with E-state index in [-0.39, 0.29) is 0 Å². The molecule has 1 saturated heterocycles. The van der Waals surface area contributed by atoms with E-state index in [4.69, 9.17) is 9.84 Å². The number of aromatic nitrogens is 2. The van der Waals surface area contributed by atoms with E-state index in [1.165, 1.54) is 22.5 Å². The third-order valence-corrected chi connectivity index (χ3v) is 6.39. The van der Waals surface area contributed by atoms with Crippen LogP contribution < -0.4 is 9.64 Å².